The molecule has 0 unspecified atom stereocenters. The summed E-state index contributed by atoms with van der Waals surface area (Å²) < 4.78 is 26.9. The van der Waals surface area contributed by atoms with Crippen molar-refractivity contribution in [2.24, 2.45) is 0 Å². The van der Waals surface area contributed by atoms with E-state index in [2.05, 4.69) is 16.7 Å². The van der Waals surface area contributed by atoms with E-state index in [9.17, 15) is 18.5 Å². The fourth-order valence-electron chi connectivity index (χ4n) is 3.81. The Labute approximate surface area is 174 Å². The fraction of sp³-hybridized carbons (Fsp3) is 0.400. The summed E-state index contributed by atoms with van der Waals surface area (Å²) in [6.45, 7) is 1.09. The lowest BCUT2D eigenvalue weighted by molar-refractivity contribution is -0.114. The lowest BCUT2D eigenvalue weighted by Crippen LogP contribution is -2.28. The average molecular weight is 431 g/mol. The predicted molar refractivity (Wildman–Crippen MR) is 113 cm³/mol. The third kappa shape index (κ3) is 4.01. The summed E-state index contributed by atoms with van der Waals surface area (Å²) in [6, 6.07) is 8.74. The van der Waals surface area contributed by atoms with Gasteiger partial charge in [-0.1, -0.05) is 6.07 Å². The van der Waals surface area contributed by atoms with Crippen molar-refractivity contribution in [2.45, 2.75) is 37.0 Å². The Kier molecular flexibility index (Phi) is 5.58. The summed E-state index contributed by atoms with van der Waals surface area (Å²) in [6.07, 6.45) is 4.67. The van der Waals surface area contributed by atoms with E-state index >= 15 is 0 Å². The Bertz CT molecular complexity index is 1080. The normalized spacial score (nSPS) is 16.4. The highest BCUT2D eigenvalue weighted by atomic mass is 32.2. The highest BCUT2D eigenvalue weighted by Gasteiger charge is 2.27. The number of nitrogens with one attached hydrogen (secondary N) is 2. The van der Waals surface area contributed by atoms with E-state index in [0.29, 0.717) is 29.3 Å². The Morgan fingerprint density at radius 3 is 2.76 bits per heavy atom. The first kappa shape index (κ1) is 19.9. The minimum Gasteiger partial charge on any atom is -0.376 e. The predicted octanol–water partition coefficient (Wildman–Crippen LogP) is 2.94. The molecule has 0 spiro atoms. The van der Waals surface area contributed by atoms with Crippen LogP contribution in [-0.4, -0.2) is 38.3 Å². The standard InChI is InChI=1S/C20H22N4O3S2/c21-12-17-16-7-4-8-18(16)28-20(17)23-19(25)13-22-14-5-3-6-15(11-14)29(26,27)24-9-1-2-10-24/h3,5-6,11,22H,1-2,4,7-10,13H2,(H,23,25). The number of carbonyl (C=O) groups excluding carboxylic acids is 1. The summed E-state index contributed by atoms with van der Waals surface area (Å²) in [5.74, 6) is -0.269. The molecule has 1 aromatic carbocycles. The summed E-state index contributed by atoms with van der Waals surface area (Å²) >= 11 is 1.48. The molecule has 2 N–H and O–H groups in total. The SMILES string of the molecule is N#Cc1c(NC(=O)CNc2cccc(S(=O)(=O)N3CCCC3)c2)sc2c1CCC2. The van der Waals surface area contributed by atoms with Crippen LogP contribution in [0.2, 0.25) is 0 Å². The minimum absolute atomic E-state index is 0.0132. The van der Waals surface area contributed by atoms with Crippen LogP contribution < -0.4 is 10.6 Å². The molecule has 1 aliphatic heterocycles. The first-order valence-corrected chi connectivity index (χ1v) is 11.9. The quantitative estimate of drug-likeness (QED) is 0.734. The van der Waals surface area contributed by atoms with Crippen LogP contribution in [0.15, 0.2) is 29.2 Å². The van der Waals surface area contributed by atoms with E-state index in [4.69, 9.17) is 0 Å². The molecule has 1 aliphatic carbocycles. The van der Waals surface area contributed by atoms with Crippen molar-refractivity contribution in [3.05, 3.63) is 40.3 Å². The van der Waals surface area contributed by atoms with Crippen molar-refractivity contribution in [3.63, 3.8) is 0 Å². The molecule has 1 fully saturated rings. The summed E-state index contributed by atoms with van der Waals surface area (Å²) in [5.41, 5.74) is 2.21. The number of nitrogens with zero attached hydrogens (tertiary/aromatic N) is 2. The molecule has 0 saturated carbocycles. The molecule has 0 atom stereocenters. The second kappa shape index (κ2) is 8.14. The van der Waals surface area contributed by atoms with E-state index in [-0.39, 0.29) is 17.3 Å². The van der Waals surface area contributed by atoms with Crippen LogP contribution in [0.3, 0.4) is 0 Å². The second-order valence-corrected chi connectivity index (χ2v) is 10.3. The molecule has 7 nitrogen and oxygen atoms in total. The van der Waals surface area contributed by atoms with E-state index in [0.717, 1.165) is 37.7 Å². The number of hydrogen-bond donors (Lipinski definition) is 2. The summed E-state index contributed by atoms with van der Waals surface area (Å²) in [7, 11) is -3.50. The molecule has 1 amide bonds. The lowest BCUT2D eigenvalue weighted by atomic mass is 10.1. The van der Waals surface area contributed by atoms with E-state index in [1.807, 2.05) is 0 Å². The van der Waals surface area contributed by atoms with Crippen molar-refractivity contribution in [1.82, 2.24) is 4.31 Å². The zero-order valence-electron chi connectivity index (χ0n) is 15.9. The van der Waals surface area contributed by atoms with E-state index < -0.39 is 10.0 Å². The van der Waals surface area contributed by atoms with Gasteiger partial charge in [-0.25, -0.2) is 8.42 Å². The van der Waals surface area contributed by atoms with Crippen LogP contribution in [0.1, 0.15) is 35.3 Å². The zero-order valence-corrected chi connectivity index (χ0v) is 17.5. The molecule has 4 rings (SSSR count). The van der Waals surface area contributed by atoms with Gasteiger partial charge in [-0.05, 0) is 55.9 Å². The van der Waals surface area contributed by atoms with Crippen LogP contribution in [0.4, 0.5) is 10.7 Å². The first-order valence-electron chi connectivity index (χ1n) is 9.67. The third-order valence-electron chi connectivity index (χ3n) is 5.28. The number of nitriles is 1. The highest BCUT2D eigenvalue weighted by molar-refractivity contribution is 7.89. The van der Waals surface area contributed by atoms with Crippen LogP contribution in [-0.2, 0) is 27.7 Å². The van der Waals surface area contributed by atoms with Crippen LogP contribution in [0.5, 0.6) is 0 Å². The number of anilines is 2. The molecule has 2 aromatic rings. The van der Waals surface area contributed by atoms with Crippen molar-refractivity contribution in [1.29, 1.82) is 5.26 Å². The molecule has 152 valence electrons. The third-order valence-corrected chi connectivity index (χ3v) is 8.38. The largest absolute Gasteiger partial charge is 0.376 e. The summed E-state index contributed by atoms with van der Waals surface area (Å²) in [4.78, 5) is 13.8. The highest BCUT2D eigenvalue weighted by Crippen LogP contribution is 2.38. The zero-order chi connectivity index (χ0) is 20.4. The number of sulfonamides is 1. The number of amides is 1. The van der Waals surface area contributed by atoms with Gasteiger partial charge in [0.25, 0.3) is 0 Å². The number of benzene rings is 1. The number of thiophene rings is 1. The molecule has 29 heavy (non-hydrogen) atoms. The van der Waals surface area contributed by atoms with Gasteiger partial charge in [-0.2, -0.15) is 9.57 Å². The van der Waals surface area contributed by atoms with Gasteiger partial charge in [0.05, 0.1) is 17.0 Å². The Morgan fingerprint density at radius 2 is 2.00 bits per heavy atom. The fourth-order valence-corrected chi connectivity index (χ4v) is 6.63. The van der Waals surface area contributed by atoms with Gasteiger partial charge in [-0.15, -0.1) is 11.3 Å². The average Bonchev–Trinajstić information content (AvgIpc) is 3.44. The minimum atomic E-state index is -3.50. The molecule has 0 bridgehead atoms. The number of hydrogen-bond acceptors (Lipinski definition) is 6. The molecular weight excluding hydrogens is 408 g/mol. The molecular formula is C20H22N4O3S2. The van der Waals surface area contributed by atoms with Gasteiger partial charge >= 0.3 is 0 Å². The number of fused-ring (bicyclic) bond motifs is 1. The number of aryl methyl sites for hydroxylation is 1. The molecule has 0 radical (unpaired) electrons. The molecule has 2 heterocycles. The van der Waals surface area contributed by atoms with Crippen LogP contribution in [0, 0.1) is 11.3 Å². The maximum Gasteiger partial charge on any atom is 0.244 e. The van der Waals surface area contributed by atoms with Gasteiger partial charge in [0, 0.05) is 23.7 Å². The van der Waals surface area contributed by atoms with Crippen molar-refractivity contribution < 1.29 is 13.2 Å². The van der Waals surface area contributed by atoms with Crippen LogP contribution >= 0.6 is 11.3 Å². The lowest BCUT2D eigenvalue weighted by Gasteiger charge is -2.16. The Balaban J connectivity index is 1.41. The number of rotatable bonds is 6. The Hall–Kier alpha value is -2.41. The first-order chi connectivity index (χ1) is 14.0. The van der Waals surface area contributed by atoms with E-state index in [1.165, 1.54) is 20.5 Å². The second-order valence-electron chi connectivity index (χ2n) is 7.21. The smallest absolute Gasteiger partial charge is 0.244 e. The maximum atomic E-state index is 12.7. The van der Waals surface area contributed by atoms with Gasteiger partial charge < -0.3 is 10.6 Å². The van der Waals surface area contributed by atoms with Gasteiger partial charge in [0.2, 0.25) is 15.9 Å². The van der Waals surface area contributed by atoms with Crippen LogP contribution in [0.25, 0.3) is 0 Å². The molecule has 9 heteroatoms. The van der Waals surface area contributed by atoms with Crippen molar-refractivity contribution in [2.75, 3.05) is 30.3 Å². The molecule has 2 aliphatic rings. The monoisotopic (exact) mass is 430 g/mol. The van der Waals surface area contributed by atoms with Crippen molar-refractivity contribution in [3.8, 4) is 6.07 Å². The Morgan fingerprint density at radius 1 is 1.21 bits per heavy atom. The van der Waals surface area contributed by atoms with E-state index in [1.54, 1.807) is 24.3 Å². The van der Waals surface area contributed by atoms with Gasteiger partial charge in [0.15, 0.2) is 0 Å². The molecule has 1 saturated heterocycles. The van der Waals surface area contributed by atoms with Gasteiger partial charge in [0.1, 0.15) is 11.1 Å². The number of carbonyl (C=O) groups is 1. The topological polar surface area (TPSA) is 102 Å². The maximum absolute atomic E-state index is 12.7. The van der Waals surface area contributed by atoms with Crippen molar-refractivity contribution >= 4 is 38.0 Å². The molecule has 1 aromatic heterocycles. The summed E-state index contributed by atoms with van der Waals surface area (Å²) in [5, 5.41) is 15.8. The van der Waals surface area contributed by atoms with Gasteiger partial charge in [-0.3, -0.25) is 4.79 Å².